The van der Waals surface area contributed by atoms with Crippen molar-refractivity contribution in [3.05, 3.63) is 0 Å². The van der Waals surface area contributed by atoms with Crippen LogP contribution >= 0.6 is 0 Å². The summed E-state index contributed by atoms with van der Waals surface area (Å²) in [4.78, 5) is 22.0. The van der Waals surface area contributed by atoms with E-state index in [4.69, 9.17) is 5.11 Å². The largest absolute Gasteiger partial charge is 0.479 e. The van der Waals surface area contributed by atoms with Gasteiger partial charge in [0.05, 0.1) is 13.0 Å². The maximum absolute atomic E-state index is 11.8. The average Bonchev–Trinajstić information content (AvgIpc) is 2.13. The summed E-state index contributed by atoms with van der Waals surface area (Å²) in [6.45, 7) is 0.824. The summed E-state index contributed by atoms with van der Waals surface area (Å²) in [7, 11) is 1.23. The number of alkyl halides is 3. The Hall–Kier alpha value is -1.31. The molecule has 17 heavy (non-hydrogen) atoms. The van der Waals surface area contributed by atoms with E-state index >= 15 is 0 Å². The quantitative estimate of drug-likeness (QED) is 0.742. The molecule has 0 rings (SSSR count). The zero-order chi connectivity index (χ0) is 13.7. The average molecular weight is 257 g/mol. The number of halogens is 3. The van der Waals surface area contributed by atoms with E-state index in [1.54, 1.807) is 0 Å². The van der Waals surface area contributed by atoms with Crippen LogP contribution in [0.15, 0.2) is 0 Å². The Morgan fingerprint density at radius 2 is 1.88 bits per heavy atom. The van der Waals surface area contributed by atoms with Crippen LogP contribution in [0.3, 0.4) is 0 Å². The van der Waals surface area contributed by atoms with Crippen LogP contribution in [-0.2, 0) is 14.3 Å². The minimum absolute atomic E-state index is 0.333. The summed E-state index contributed by atoms with van der Waals surface area (Å²) in [6, 6.07) is 0. The van der Waals surface area contributed by atoms with Crippen molar-refractivity contribution in [1.82, 2.24) is 5.32 Å². The SMILES string of the molecule is COCC(C)(NC(=O)CCC(F)(F)F)C(=O)O. The third-order valence-corrected chi connectivity index (χ3v) is 1.96. The van der Waals surface area contributed by atoms with E-state index in [0.717, 1.165) is 6.92 Å². The van der Waals surface area contributed by atoms with Crippen molar-refractivity contribution in [3.63, 3.8) is 0 Å². The zero-order valence-electron chi connectivity index (χ0n) is 9.43. The van der Waals surface area contributed by atoms with E-state index in [9.17, 15) is 22.8 Å². The number of carbonyl (C=O) groups is 2. The van der Waals surface area contributed by atoms with Gasteiger partial charge >= 0.3 is 12.1 Å². The van der Waals surface area contributed by atoms with Crippen molar-refractivity contribution in [2.75, 3.05) is 13.7 Å². The first-order valence-electron chi connectivity index (χ1n) is 4.71. The van der Waals surface area contributed by atoms with Crippen molar-refractivity contribution in [2.45, 2.75) is 31.5 Å². The number of nitrogens with one attached hydrogen (secondary N) is 1. The van der Waals surface area contributed by atoms with Crippen LogP contribution in [0.5, 0.6) is 0 Å². The molecule has 0 aromatic heterocycles. The minimum Gasteiger partial charge on any atom is -0.479 e. The predicted molar refractivity (Wildman–Crippen MR) is 51.3 cm³/mol. The topological polar surface area (TPSA) is 75.6 Å². The highest BCUT2D eigenvalue weighted by atomic mass is 19.4. The number of rotatable bonds is 6. The molecule has 0 saturated heterocycles. The Kier molecular flexibility index (Phi) is 5.40. The van der Waals surface area contributed by atoms with Gasteiger partial charge < -0.3 is 15.2 Å². The van der Waals surface area contributed by atoms with Gasteiger partial charge in [-0.25, -0.2) is 4.79 Å². The first-order valence-corrected chi connectivity index (χ1v) is 4.71. The molecule has 0 bridgehead atoms. The van der Waals surface area contributed by atoms with Gasteiger partial charge in [0, 0.05) is 13.5 Å². The molecule has 2 N–H and O–H groups in total. The number of hydrogen-bond donors (Lipinski definition) is 2. The zero-order valence-corrected chi connectivity index (χ0v) is 9.43. The lowest BCUT2D eigenvalue weighted by molar-refractivity contribution is -0.152. The highest BCUT2D eigenvalue weighted by Crippen LogP contribution is 2.21. The summed E-state index contributed by atoms with van der Waals surface area (Å²) in [6.07, 6.45) is -6.55. The van der Waals surface area contributed by atoms with Crippen LogP contribution in [-0.4, -0.2) is 42.4 Å². The molecule has 0 fully saturated rings. The third-order valence-electron chi connectivity index (χ3n) is 1.96. The lowest BCUT2D eigenvalue weighted by Gasteiger charge is -2.25. The van der Waals surface area contributed by atoms with Gasteiger partial charge in [0.15, 0.2) is 5.54 Å². The fraction of sp³-hybridized carbons (Fsp3) is 0.778. The number of amides is 1. The molecule has 0 spiro atoms. The number of carboxylic acid groups (broad SMARTS) is 1. The molecule has 0 saturated carbocycles. The minimum atomic E-state index is -4.45. The number of aliphatic carboxylic acids is 1. The number of hydrogen-bond acceptors (Lipinski definition) is 3. The summed E-state index contributed by atoms with van der Waals surface area (Å²) < 4.78 is 40.1. The Morgan fingerprint density at radius 3 is 2.24 bits per heavy atom. The van der Waals surface area contributed by atoms with Crippen LogP contribution in [0.25, 0.3) is 0 Å². The highest BCUT2D eigenvalue weighted by molar-refractivity contribution is 5.86. The monoisotopic (exact) mass is 257 g/mol. The van der Waals surface area contributed by atoms with Crippen molar-refractivity contribution in [3.8, 4) is 0 Å². The molecule has 1 amide bonds. The van der Waals surface area contributed by atoms with Gasteiger partial charge in [-0.2, -0.15) is 13.2 Å². The van der Waals surface area contributed by atoms with Crippen molar-refractivity contribution >= 4 is 11.9 Å². The maximum atomic E-state index is 11.8. The molecule has 0 aromatic rings. The predicted octanol–water partition coefficient (Wildman–Crippen LogP) is 0.935. The lowest BCUT2D eigenvalue weighted by Crippen LogP contribution is -2.55. The third kappa shape index (κ3) is 6.10. The smallest absolute Gasteiger partial charge is 0.389 e. The van der Waals surface area contributed by atoms with Crippen LogP contribution in [0.2, 0.25) is 0 Å². The van der Waals surface area contributed by atoms with Gasteiger partial charge in [-0.15, -0.1) is 0 Å². The van der Waals surface area contributed by atoms with E-state index in [2.05, 4.69) is 4.74 Å². The summed E-state index contributed by atoms with van der Waals surface area (Å²) >= 11 is 0. The second-order valence-electron chi connectivity index (χ2n) is 3.73. The molecule has 5 nitrogen and oxygen atoms in total. The van der Waals surface area contributed by atoms with Crippen molar-refractivity contribution < 1.29 is 32.6 Å². The fourth-order valence-corrected chi connectivity index (χ4v) is 1.07. The normalized spacial score (nSPS) is 15.1. The molecule has 0 heterocycles. The Labute approximate surface area is 95.9 Å². The Bertz CT molecular complexity index is 292. The molecule has 8 heteroatoms. The van der Waals surface area contributed by atoms with Gasteiger partial charge in [0.2, 0.25) is 5.91 Å². The van der Waals surface area contributed by atoms with Crippen LogP contribution in [0.4, 0.5) is 13.2 Å². The van der Waals surface area contributed by atoms with E-state index in [0.29, 0.717) is 0 Å². The molecule has 0 aliphatic heterocycles. The van der Waals surface area contributed by atoms with Gasteiger partial charge in [-0.1, -0.05) is 0 Å². The van der Waals surface area contributed by atoms with E-state index < -0.39 is 36.4 Å². The van der Waals surface area contributed by atoms with Crippen molar-refractivity contribution in [2.24, 2.45) is 0 Å². The standard InChI is InChI=1S/C9H14F3NO4/c1-8(5-17-2,7(15)16)13-6(14)3-4-9(10,11)12/h3-5H2,1-2H3,(H,13,14)(H,15,16). The van der Waals surface area contributed by atoms with Crippen molar-refractivity contribution in [1.29, 1.82) is 0 Å². The van der Waals surface area contributed by atoms with E-state index in [-0.39, 0.29) is 6.61 Å². The van der Waals surface area contributed by atoms with Crippen LogP contribution < -0.4 is 5.32 Å². The summed E-state index contributed by atoms with van der Waals surface area (Å²) in [5, 5.41) is 10.8. The van der Waals surface area contributed by atoms with Gasteiger partial charge in [0.1, 0.15) is 0 Å². The second kappa shape index (κ2) is 5.85. The van der Waals surface area contributed by atoms with Crippen LogP contribution in [0, 0.1) is 0 Å². The van der Waals surface area contributed by atoms with E-state index in [1.165, 1.54) is 7.11 Å². The molecular weight excluding hydrogens is 243 g/mol. The molecular formula is C9H14F3NO4. The Balaban J connectivity index is 4.38. The highest BCUT2D eigenvalue weighted by Gasteiger charge is 2.36. The maximum Gasteiger partial charge on any atom is 0.389 e. The summed E-state index contributed by atoms with van der Waals surface area (Å²) in [5.41, 5.74) is -1.72. The number of ether oxygens (including phenoxy) is 1. The number of carboxylic acids is 1. The molecule has 0 radical (unpaired) electrons. The van der Waals surface area contributed by atoms with Gasteiger partial charge in [-0.3, -0.25) is 4.79 Å². The first-order chi connectivity index (χ1) is 7.60. The lowest BCUT2D eigenvalue weighted by atomic mass is 10.0. The van der Waals surface area contributed by atoms with Crippen LogP contribution in [0.1, 0.15) is 19.8 Å². The molecule has 0 aliphatic rings. The first kappa shape index (κ1) is 15.7. The molecule has 0 aromatic carbocycles. The molecule has 1 atom stereocenters. The second-order valence-corrected chi connectivity index (χ2v) is 3.73. The Morgan fingerprint density at radius 1 is 1.35 bits per heavy atom. The molecule has 100 valence electrons. The molecule has 1 unspecified atom stereocenters. The molecule has 0 aliphatic carbocycles. The van der Waals surface area contributed by atoms with E-state index in [1.807, 2.05) is 5.32 Å². The number of carbonyl (C=O) groups excluding carboxylic acids is 1. The van der Waals surface area contributed by atoms with Gasteiger partial charge in [0.25, 0.3) is 0 Å². The number of methoxy groups -OCH3 is 1. The summed E-state index contributed by atoms with van der Waals surface area (Å²) in [5.74, 6) is -2.36. The fourth-order valence-electron chi connectivity index (χ4n) is 1.07. The van der Waals surface area contributed by atoms with Gasteiger partial charge in [-0.05, 0) is 6.92 Å².